The van der Waals surface area contributed by atoms with Crippen molar-refractivity contribution in [2.75, 3.05) is 13.1 Å². The molecule has 0 aromatic carbocycles. The van der Waals surface area contributed by atoms with Crippen LogP contribution in [0.1, 0.15) is 46.5 Å². The maximum atomic E-state index is 12.0. The summed E-state index contributed by atoms with van der Waals surface area (Å²) in [5.41, 5.74) is 0.350. The minimum Gasteiger partial charge on any atom is -0.342 e. The molecule has 2 aliphatic rings. The highest BCUT2D eigenvalue weighted by molar-refractivity contribution is 5.81. The van der Waals surface area contributed by atoms with Crippen molar-refractivity contribution in [3.8, 4) is 0 Å². The van der Waals surface area contributed by atoms with Gasteiger partial charge in [0, 0.05) is 19.0 Å². The number of hydrogen-bond acceptors (Lipinski definition) is 1. The van der Waals surface area contributed by atoms with Crippen LogP contribution in [0.2, 0.25) is 0 Å². The third-order valence-corrected chi connectivity index (χ3v) is 3.88. The van der Waals surface area contributed by atoms with E-state index in [1.54, 1.807) is 0 Å². The van der Waals surface area contributed by atoms with E-state index in [0.29, 0.717) is 23.2 Å². The highest BCUT2D eigenvalue weighted by atomic mass is 16.2. The minimum absolute atomic E-state index is 0.350. The maximum Gasteiger partial charge on any atom is 0.225 e. The van der Waals surface area contributed by atoms with Gasteiger partial charge in [0.15, 0.2) is 0 Å². The first-order valence-electron chi connectivity index (χ1n) is 6.27. The highest BCUT2D eigenvalue weighted by Gasteiger charge is 2.37. The quantitative estimate of drug-likeness (QED) is 0.650. The van der Waals surface area contributed by atoms with Crippen molar-refractivity contribution in [1.29, 1.82) is 0 Å². The third kappa shape index (κ3) is 2.53. The number of hydrogen-bond donors (Lipinski definition) is 0. The van der Waals surface area contributed by atoms with E-state index in [4.69, 9.17) is 0 Å². The van der Waals surface area contributed by atoms with Gasteiger partial charge in [0.2, 0.25) is 5.91 Å². The van der Waals surface area contributed by atoms with Gasteiger partial charge in [-0.2, -0.15) is 0 Å². The van der Waals surface area contributed by atoms with Crippen LogP contribution in [-0.2, 0) is 4.79 Å². The first kappa shape index (κ1) is 11.0. The van der Waals surface area contributed by atoms with Crippen LogP contribution in [0.3, 0.4) is 0 Å². The molecule has 2 heteroatoms. The second-order valence-corrected chi connectivity index (χ2v) is 6.26. The summed E-state index contributed by atoms with van der Waals surface area (Å²) in [6, 6.07) is 0. The Balaban J connectivity index is 1.94. The fourth-order valence-corrected chi connectivity index (χ4v) is 2.47. The number of likely N-dealkylation sites (tertiary alicyclic amines) is 1. The van der Waals surface area contributed by atoms with Crippen LogP contribution in [0.25, 0.3) is 0 Å². The van der Waals surface area contributed by atoms with E-state index in [9.17, 15) is 4.79 Å². The smallest absolute Gasteiger partial charge is 0.225 e. The Kier molecular flexibility index (Phi) is 2.78. The van der Waals surface area contributed by atoms with E-state index >= 15 is 0 Å². The lowest BCUT2D eigenvalue weighted by Crippen LogP contribution is -2.44. The van der Waals surface area contributed by atoms with E-state index in [1.165, 1.54) is 12.8 Å². The lowest BCUT2D eigenvalue weighted by atomic mass is 9.76. The van der Waals surface area contributed by atoms with E-state index in [2.05, 4.69) is 25.7 Å². The first-order valence-corrected chi connectivity index (χ1v) is 6.27. The summed E-state index contributed by atoms with van der Waals surface area (Å²) in [7, 11) is 0. The fourth-order valence-electron chi connectivity index (χ4n) is 2.47. The average molecular weight is 209 g/mol. The molecule has 2 rings (SSSR count). The van der Waals surface area contributed by atoms with Gasteiger partial charge in [0.05, 0.1) is 0 Å². The SMILES string of the molecule is CC(C)(C)[C@H]1CCCN(C(=O)C2CC2)C1. The van der Waals surface area contributed by atoms with Crippen LogP contribution in [0.4, 0.5) is 0 Å². The van der Waals surface area contributed by atoms with Crippen molar-refractivity contribution >= 4 is 5.91 Å². The molecule has 0 radical (unpaired) electrons. The zero-order chi connectivity index (χ0) is 11.1. The zero-order valence-corrected chi connectivity index (χ0v) is 10.3. The van der Waals surface area contributed by atoms with Crippen LogP contribution in [0.15, 0.2) is 0 Å². The fraction of sp³-hybridized carbons (Fsp3) is 0.923. The molecule has 0 bridgehead atoms. The van der Waals surface area contributed by atoms with Crippen LogP contribution in [0.5, 0.6) is 0 Å². The second-order valence-electron chi connectivity index (χ2n) is 6.26. The minimum atomic E-state index is 0.350. The van der Waals surface area contributed by atoms with Crippen molar-refractivity contribution < 1.29 is 4.79 Å². The summed E-state index contributed by atoms with van der Waals surface area (Å²) < 4.78 is 0. The Morgan fingerprint density at radius 2 is 1.87 bits per heavy atom. The van der Waals surface area contributed by atoms with E-state index in [-0.39, 0.29) is 0 Å². The molecular formula is C13H23NO. The Bertz CT molecular complexity index is 250. The molecule has 1 heterocycles. The van der Waals surface area contributed by atoms with Gasteiger partial charge in [0.25, 0.3) is 0 Å². The number of nitrogens with zero attached hydrogens (tertiary/aromatic N) is 1. The lowest BCUT2D eigenvalue weighted by molar-refractivity contribution is -0.135. The molecule has 0 N–H and O–H groups in total. The number of rotatable bonds is 1. The Hall–Kier alpha value is -0.530. The lowest BCUT2D eigenvalue weighted by Gasteiger charge is -2.39. The standard InChI is InChI=1S/C13H23NO/c1-13(2,3)11-5-4-8-14(9-11)12(15)10-6-7-10/h10-11H,4-9H2,1-3H3/t11-/m0/s1. The van der Waals surface area contributed by atoms with E-state index in [0.717, 1.165) is 25.9 Å². The van der Waals surface area contributed by atoms with Gasteiger partial charge < -0.3 is 4.90 Å². The molecule has 1 saturated carbocycles. The predicted octanol–water partition coefficient (Wildman–Crippen LogP) is 2.68. The van der Waals surface area contributed by atoms with Crippen molar-refractivity contribution in [1.82, 2.24) is 4.90 Å². The van der Waals surface area contributed by atoms with Gasteiger partial charge in [-0.05, 0) is 37.0 Å². The van der Waals surface area contributed by atoms with Crippen LogP contribution in [-0.4, -0.2) is 23.9 Å². The van der Waals surface area contributed by atoms with E-state index in [1.807, 2.05) is 0 Å². The zero-order valence-electron chi connectivity index (χ0n) is 10.3. The van der Waals surface area contributed by atoms with Gasteiger partial charge >= 0.3 is 0 Å². The van der Waals surface area contributed by atoms with E-state index < -0.39 is 0 Å². The van der Waals surface area contributed by atoms with Crippen molar-refractivity contribution in [2.45, 2.75) is 46.5 Å². The van der Waals surface area contributed by atoms with Gasteiger partial charge in [0.1, 0.15) is 0 Å². The van der Waals surface area contributed by atoms with Crippen LogP contribution >= 0.6 is 0 Å². The molecule has 1 saturated heterocycles. The molecule has 0 spiro atoms. The van der Waals surface area contributed by atoms with Gasteiger partial charge in [-0.3, -0.25) is 4.79 Å². The topological polar surface area (TPSA) is 20.3 Å². The monoisotopic (exact) mass is 209 g/mol. The largest absolute Gasteiger partial charge is 0.342 e. The molecular weight excluding hydrogens is 186 g/mol. The van der Waals surface area contributed by atoms with Crippen molar-refractivity contribution in [3.63, 3.8) is 0 Å². The molecule has 2 fully saturated rings. The number of carbonyl (C=O) groups excluding carboxylic acids is 1. The predicted molar refractivity (Wildman–Crippen MR) is 61.5 cm³/mol. The normalized spacial score (nSPS) is 27.9. The Morgan fingerprint density at radius 3 is 2.40 bits per heavy atom. The Labute approximate surface area is 93.0 Å². The average Bonchev–Trinajstić information content (AvgIpc) is 2.99. The second kappa shape index (κ2) is 3.80. The molecule has 1 aliphatic carbocycles. The molecule has 1 atom stereocenters. The molecule has 0 aromatic rings. The molecule has 0 aromatic heterocycles. The summed E-state index contributed by atoms with van der Waals surface area (Å²) in [5.74, 6) is 1.52. The first-order chi connectivity index (χ1) is 6.98. The summed E-state index contributed by atoms with van der Waals surface area (Å²) in [5, 5.41) is 0. The number of amides is 1. The summed E-state index contributed by atoms with van der Waals surface area (Å²) in [6.45, 7) is 8.88. The number of carbonyl (C=O) groups is 1. The molecule has 15 heavy (non-hydrogen) atoms. The third-order valence-electron chi connectivity index (χ3n) is 3.88. The molecule has 1 aliphatic heterocycles. The highest BCUT2D eigenvalue weighted by Crippen LogP contribution is 2.36. The summed E-state index contributed by atoms with van der Waals surface area (Å²) in [6.07, 6.45) is 4.75. The molecule has 2 nitrogen and oxygen atoms in total. The molecule has 0 unspecified atom stereocenters. The Morgan fingerprint density at radius 1 is 1.20 bits per heavy atom. The van der Waals surface area contributed by atoms with Gasteiger partial charge in [-0.25, -0.2) is 0 Å². The maximum absolute atomic E-state index is 12.0. The van der Waals surface area contributed by atoms with Crippen molar-refractivity contribution in [3.05, 3.63) is 0 Å². The molecule has 86 valence electrons. The van der Waals surface area contributed by atoms with Crippen LogP contribution < -0.4 is 0 Å². The van der Waals surface area contributed by atoms with Gasteiger partial charge in [-0.15, -0.1) is 0 Å². The number of piperidine rings is 1. The van der Waals surface area contributed by atoms with Crippen LogP contribution in [0, 0.1) is 17.3 Å². The van der Waals surface area contributed by atoms with Crippen molar-refractivity contribution in [2.24, 2.45) is 17.3 Å². The molecule has 1 amide bonds. The summed E-state index contributed by atoms with van der Waals surface area (Å²) >= 11 is 0. The summed E-state index contributed by atoms with van der Waals surface area (Å²) in [4.78, 5) is 14.1. The van der Waals surface area contributed by atoms with Gasteiger partial charge in [-0.1, -0.05) is 20.8 Å².